The van der Waals surface area contributed by atoms with Crippen LogP contribution < -0.4 is 10.1 Å². The van der Waals surface area contributed by atoms with Crippen molar-refractivity contribution in [2.24, 2.45) is 5.92 Å². The molecule has 0 radical (unpaired) electrons. The van der Waals surface area contributed by atoms with E-state index in [1.807, 2.05) is 6.92 Å². The molecule has 1 saturated heterocycles. The Morgan fingerprint density at radius 1 is 1.50 bits per heavy atom. The lowest BCUT2D eigenvalue weighted by Gasteiger charge is -2.20. The lowest BCUT2D eigenvalue weighted by atomic mass is 9.93. The highest BCUT2D eigenvalue weighted by atomic mass is 19.3. The van der Waals surface area contributed by atoms with E-state index < -0.39 is 18.3 Å². The first-order valence-electron chi connectivity index (χ1n) is 6.37. The van der Waals surface area contributed by atoms with Gasteiger partial charge in [0.05, 0.1) is 18.6 Å². The van der Waals surface area contributed by atoms with Gasteiger partial charge < -0.3 is 15.2 Å². The van der Waals surface area contributed by atoms with Gasteiger partial charge >= 0.3 is 5.97 Å². The van der Waals surface area contributed by atoms with E-state index in [-0.39, 0.29) is 17.4 Å². The number of nitrogens with one attached hydrogen (secondary N) is 1. The molecule has 2 unspecified atom stereocenters. The highest BCUT2D eigenvalue weighted by molar-refractivity contribution is 5.71. The largest absolute Gasteiger partial charge is 0.496 e. The smallest absolute Gasteiger partial charge is 0.307 e. The van der Waals surface area contributed by atoms with Crippen molar-refractivity contribution in [1.29, 1.82) is 0 Å². The monoisotopic (exact) mass is 285 g/mol. The van der Waals surface area contributed by atoms with Crippen molar-refractivity contribution in [3.8, 4) is 5.75 Å². The summed E-state index contributed by atoms with van der Waals surface area (Å²) in [4.78, 5) is 11.0. The summed E-state index contributed by atoms with van der Waals surface area (Å²) in [5.74, 6) is -1.22. The van der Waals surface area contributed by atoms with Crippen LogP contribution in [0.4, 0.5) is 8.78 Å². The van der Waals surface area contributed by atoms with Crippen LogP contribution in [0.5, 0.6) is 5.75 Å². The van der Waals surface area contributed by atoms with Crippen LogP contribution in [0.15, 0.2) is 12.1 Å². The average molecular weight is 285 g/mol. The first kappa shape index (κ1) is 14.7. The van der Waals surface area contributed by atoms with E-state index in [4.69, 9.17) is 9.84 Å². The number of carboxylic acids is 1. The average Bonchev–Trinajstić information content (AvgIpc) is 2.87. The predicted octanol–water partition coefficient (Wildman–Crippen LogP) is 2.68. The van der Waals surface area contributed by atoms with Gasteiger partial charge in [0.25, 0.3) is 6.43 Å². The minimum atomic E-state index is -2.62. The third-order valence-electron chi connectivity index (χ3n) is 3.71. The van der Waals surface area contributed by atoms with Crippen LogP contribution in [0, 0.1) is 12.8 Å². The second kappa shape index (κ2) is 5.75. The lowest BCUT2D eigenvalue weighted by molar-refractivity contribution is -0.141. The molecule has 0 saturated carbocycles. The van der Waals surface area contributed by atoms with E-state index in [1.54, 1.807) is 6.07 Å². The SMILES string of the molecule is COc1c(C(F)F)ccc(C)c1C1CC(C(=O)O)CN1. The molecular weight excluding hydrogens is 268 g/mol. The van der Waals surface area contributed by atoms with Crippen molar-refractivity contribution in [3.05, 3.63) is 28.8 Å². The first-order chi connectivity index (χ1) is 9.45. The van der Waals surface area contributed by atoms with E-state index in [9.17, 15) is 13.6 Å². The summed E-state index contributed by atoms with van der Waals surface area (Å²) in [6, 6.07) is 2.70. The van der Waals surface area contributed by atoms with Crippen molar-refractivity contribution in [2.45, 2.75) is 25.8 Å². The van der Waals surface area contributed by atoms with Crippen molar-refractivity contribution in [2.75, 3.05) is 13.7 Å². The van der Waals surface area contributed by atoms with E-state index >= 15 is 0 Å². The number of aryl methyl sites for hydroxylation is 1. The van der Waals surface area contributed by atoms with Crippen LogP contribution in [0.2, 0.25) is 0 Å². The fourth-order valence-electron chi connectivity index (χ4n) is 2.69. The van der Waals surface area contributed by atoms with E-state index in [0.29, 0.717) is 18.5 Å². The Morgan fingerprint density at radius 2 is 2.20 bits per heavy atom. The number of rotatable bonds is 4. The Balaban J connectivity index is 2.41. The second-order valence-electron chi connectivity index (χ2n) is 4.95. The van der Waals surface area contributed by atoms with Gasteiger partial charge in [0.2, 0.25) is 0 Å². The quantitative estimate of drug-likeness (QED) is 0.893. The molecule has 1 aromatic rings. The molecule has 0 aliphatic carbocycles. The highest BCUT2D eigenvalue weighted by Gasteiger charge is 2.33. The van der Waals surface area contributed by atoms with Gasteiger partial charge in [0, 0.05) is 18.2 Å². The van der Waals surface area contributed by atoms with E-state index in [0.717, 1.165) is 5.56 Å². The Kier molecular flexibility index (Phi) is 4.23. The van der Waals surface area contributed by atoms with E-state index in [2.05, 4.69) is 5.32 Å². The number of halogens is 2. The summed E-state index contributed by atoms with van der Waals surface area (Å²) in [5.41, 5.74) is 1.29. The van der Waals surface area contributed by atoms with Gasteiger partial charge in [-0.1, -0.05) is 6.07 Å². The summed E-state index contributed by atoms with van der Waals surface area (Å²) in [7, 11) is 1.35. The number of carboxylic acid groups (broad SMARTS) is 1. The zero-order valence-corrected chi connectivity index (χ0v) is 11.3. The maximum Gasteiger partial charge on any atom is 0.307 e. The summed E-state index contributed by atoms with van der Waals surface area (Å²) in [5, 5.41) is 12.1. The molecule has 1 aliphatic heterocycles. The third-order valence-corrected chi connectivity index (χ3v) is 3.71. The zero-order chi connectivity index (χ0) is 14.9. The van der Waals surface area contributed by atoms with Crippen LogP contribution in [0.1, 0.15) is 35.6 Å². The number of methoxy groups -OCH3 is 1. The molecule has 0 bridgehead atoms. The number of alkyl halides is 2. The maximum atomic E-state index is 13.0. The fourth-order valence-corrected chi connectivity index (χ4v) is 2.69. The van der Waals surface area contributed by atoms with Crippen molar-refractivity contribution in [3.63, 3.8) is 0 Å². The minimum Gasteiger partial charge on any atom is -0.496 e. The van der Waals surface area contributed by atoms with Crippen molar-refractivity contribution in [1.82, 2.24) is 5.32 Å². The number of carbonyl (C=O) groups is 1. The van der Waals surface area contributed by atoms with Crippen LogP contribution in [-0.2, 0) is 4.79 Å². The molecule has 0 spiro atoms. The Bertz CT molecular complexity index is 519. The van der Waals surface area contributed by atoms with Crippen molar-refractivity contribution >= 4 is 5.97 Å². The summed E-state index contributed by atoms with van der Waals surface area (Å²) in [6.45, 7) is 2.14. The third kappa shape index (κ3) is 2.60. The molecule has 4 nitrogen and oxygen atoms in total. The van der Waals surface area contributed by atoms with Gasteiger partial charge in [-0.2, -0.15) is 0 Å². The molecule has 0 amide bonds. The molecule has 2 rings (SSSR count). The number of aliphatic carboxylic acids is 1. The number of benzene rings is 1. The molecule has 110 valence electrons. The van der Waals surface area contributed by atoms with Gasteiger partial charge in [-0.25, -0.2) is 8.78 Å². The van der Waals surface area contributed by atoms with Gasteiger partial charge in [-0.15, -0.1) is 0 Å². The predicted molar refractivity (Wildman–Crippen MR) is 69.2 cm³/mol. The van der Waals surface area contributed by atoms with Crippen molar-refractivity contribution < 1.29 is 23.4 Å². The molecule has 20 heavy (non-hydrogen) atoms. The lowest BCUT2D eigenvalue weighted by Crippen LogP contribution is -2.18. The molecule has 0 aromatic heterocycles. The highest BCUT2D eigenvalue weighted by Crippen LogP contribution is 2.40. The zero-order valence-electron chi connectivity index (χ0n) is 11.3. The maximum absolute atomic E-state index is 13.0. The summed E-state index contributed by atoms with van der Waals surface area (Å²) >= 11 is 0. The summed E-state index contributed by atoms with van der Waals surface area (Å²) < 4.78 is 31.2. The first-order valence-corrected chi connectivity index (χ1v) is 6.37. The van der Waals surface area contributed by atoms with Gasteiger partial charge in [0.1, 0.15) is 5.75 Å². The van der Waals surface area contributed by atoms with E-state index in [1.165, 1.54) is 13.2 Å². The van der Waals surface area contributed by atoms with Gasteiger partial charge in [-0.3, -0.25) is 4.79 Å². The molecule has 1 fully saturated rings. The van der Waals surface area contributed by atoms with Gasteiger partial charge in [0.15, 0.2) is 0 Å². The number of hydrogen-bond acceptors (Lipinski definition) is 3. The van der Waals surface area contributed by atoms with Gasteiger partial charge in [-0.05, 0) is 25.0 Å². The molecule has 1 aromatic carbocycles. The molecule has 6 heteroatoms. The Morgan fingerprint density at radius 3 is 2.70 bits per heavy atom. The number of ether oxygens (including phenoxy) is 1. The molecule has 2 atom stereocenters. The fraction of sp³-hybridized carbons (Fsp3) is 0.500. The minimum absolute atomic E-state index is 0.156. The second-order valence-corrected chi connectivity index (χ2v) is 4.95. The normalized spacial score (nSPS) is 22.2. The Hall–Kier alpha value is -1.69. The van der Waals surface area contributed by atoms with Crippen LogP contribution in [-0.4, -0.2) is 24.7 Å². The molecule has 2 N–H and O–H groups in total. The standard InChI is InChI=1S/C14H17F2NO3/c1-7-3-4-9(13(15)16)12(20-2)11(7)10-5-8(6-17-10)14(18)19/h3-4,8,10,13,17H,5-6H2,1-2H3,(H,18,19). The number of hydrogen-bond donors (Lipinski definition) is 2. The Labute approximate surface area is 115 Å². The molecular formula is C14H17F2NO3. The van der Waals surface area contributed by atoms with Crippen LogP contribution in [0.25, 0.3) is 0 Å². The molecule has 1 aliphatic rings. The topological polar surface area (TPSA) is 58.6 Å². The molecule has 1 heterocycles. The van der Waals surface area contributed by atoms with Crippen LogP contribution in [0.3, 0.4) is 0 Å². The summed E-state index contributed by atoms with van der Waals surface area (Å²) in [6.07, 6.45) is -2.25. The van der Waals surface area contributed by atoms with Crippen LogP contribution >= 0.6 is 0 Å².